The molecule has 0 aromatic carbocycles. The molecule has 6 nitrogen and oxygen atoms in total. The molecule has 0 spiro atoms. The quantitative estimate of drug-likeness (QED) is 0.864. The standard InChI is InChI=1S/C12H20N4O2S/c1-4-13-11-14-7-9(2)10(15-11)16-12(3)5-6-19(17,18)8-12/h7H,4-6,8H2,1-3H3,(H2,13,14,15,16). The molecule has 7 heteroatoms. The molecular weight excluding hydrogens is 264 g/mol. The number of rotatable bonds is 4. The van der Waals surface area contributed by atoms with E-state index < -0.39 is 15.4 Å². The molecule has 19 heavy (non-hydrogen) atoms. The van der Waals surface area contributed by atoms with Gasteiger partial charge in [0.05, 0.1) is 17.0 Å². The molecule has 0 bridgehead atoms. The van der Waals surface area contributed by atoms with Crippen LogP contribution in [0, 0.1) is 6.92 Å². The summed E-state index contributed by atoms with van der Waals surface area (Å²) in [6.45, 7) is 6.55. The van der Waals surface area contributed by atoms with Gasteiger partial charge in [-0.15, -0.1) is 0 Å². The summed E-state index contributed by atoms with van der Waals surface area (Å²) in [5.74, 6) is 1.64. The van der Waals surface area contributed by atoms with Gasteiger partial charge in [0.15, 0.2) is 9.84 Å². The molecule has 1 aliphatic heterocycles. The summed E-state index contributed by atoms with van der Waals surface area (Å²) in [5, 5.41) is 6.32. The second-order valence-electron chi connectivity index (χ2n) is 5.28. The van der Waals surface area contributed by atoms with Crippen LogP contribution in [0.15, 0.2) is 6.20 Å². The summed E-state index contributed by atoms with van der Waals surface area (Å²) in [6.07, 6.45) is 2.34. The maximum atomic E-state index is 11.6. The van der Waals surface area contributed by atoms with E-state index in [1.54, 1.807) is 6.20 Å². The maximum absolute atomic E-state index is 11.6. The number of nitrogens with zero attached hydrogens (tertiary/aromatic N) is 2. The lowest BCUT2D eigenvalue weighted by molar-refractivity contribution is 0.571. The van der Waals surface area contributed by atoms with Crippen molar-refractivity contribution in [2.24, 2.45) is 0 Å². The summed E-state index contributed by atoms with van der Waals surface area (Å²) in [7, 11) is -2.93. The lowest BCUT2D eigenvalue weighted by Gasteiger charge is -2.25. The van der Waals surface area contributed by atoms with Crippen LogP contribution in [0.3, 0.4) is 0 Å². The number of aryl methyl sites for hydroxylation is 1. The fourth-order valence-electron chi connectivity index (χ4n) is 2.21. The fraction of sp³-hybridized carbons (Fsp3) is 0.667. The highest BCUT2D eigenvalue weighted by Gasteiger charge is 2.38. The van der Waals surface area contributed by atoms with Gasteiger partial charge in [0.2, 0.25) is 5.95 Å². The van der Waals surface area contributed by atoms with Crippen LogP contribution >= 0.6 is 0 Å². The van der Waals surface area contributed by atoms with Gasteiger partial charge in [-0.2, -0.15) is 4.98 Å². The van der Waals surface area contributed by atoms with Gasteiger partial charge in [-0.05, 0) is 27.2 Å². The minimum Gasteiger partial charge on any atom is -0.363 e. The van der Waals surface area contributed by atoms with Crippen molar-refractivity contribution in [1.29, 1.82) is 0 Å². The third-order valence-corrected chi connectivity index (χ3v) is 5.13. The van der Waals surface area contributed by atoms with Crippen molar-refractivity contribution in [2.75, 3.05) is 28.7 Å². The number of sulfone groups is 1. The highest BCUT2D eigenvalue weighted by atomic mass is 32.2. The number of nitrogens with one attached hydrogen (secondary N) is 2. The van der Waals surface area contributed by atoms with Gasteiger partial charge in [0, 0.05) is 18.3 Å². The van der Waals surface area contributed by atoms with E-state index in [1.165, 1.54) is 0 Å². The Balaban J connectivity index is 2.21. The number of anilines is 2. The van der Waals surface area contributed by atoms with Crippen LogP contribution in [-0.2, 0) is 9.84 Å². The van der Waals surface area contributed by atoms with E-state index in [9.17, 15) is 8.42 Å². The minimum absolute atomic E-state index is 0.153. The minimum atomic E-state index is -2.93. The summed E-state index contributed by atoms with van der Waals surface area (Å²) in [5.41, 5.74) is 0.466. The average molecular weight is 284 g/mol. The summed E-state index contributed by atoms with van der Waals surface area (Å²) in [4.78, 5) is 8.56. The monoisotopic (exact) mass is 284 g/mol. The molecule has 0 aliphatic carbocycles. The molecule has 106 valence electrons. The first-order valence-electron chi connectivity index (χ1n) is 6.40. The smallest absolute Gasteiger partial charge is 0.224 e. The zero-order valence-corrected chi connectivity index (χ0v) is 12.3. The number of hydrogen-bond acceptors (Lipinski definition) is 6. The highest BCUT2D eigenvalue weighted by molar-refractivity contribution is 7.91. The van der Waals surface area contributed by atoms with E-state index in [2.05, 4.69) is 20.6 Å². The normalized spacial score (nSPS) is 25.2. The fourth-order valence-corrected chi connectivity index (χ4v) is 4.30. The summed E-state index contributed by atoms with van der Waals surface area (Å²) >= 11 is 0. The SMILES string of the molecule is CCNc1ncc(C)c(NC2(C)CCS(=O)(=O)C2)n1. The van der Waals surface area contributed by atoms with Gasteiger partial charge in [0.1, 0.15) is 5.82 Å². The van der Waals surface area contributed by atoms with Gasteiger partial charge in [0.25, 0.3) is 0 Å². The molecule has 0 radical (unpaired) electrons. The molecule has 1 unspecified atom stereocenters. The van der Waals surface area contributed by atoms with Crippen molar-refractivity contribution in [3.05, 3.63) is 11.8 Å². The largest absolute Gasteiger partial charge is 0.363 e. The Morgan fingerprint density at radius 3 is 2.79 bits per heavy atom. The highest BCUT2D eigenvalue weighted by Crippen LogP contribution is 2.28. The first-order chi connectivity index (χ1) is 8.84. The molecule has 1 fully saturated rings. The van der Waals surface area contributed by atoms with Crippen LogP contribution < -0.4 is 10.6 Å². The van der Waals surface area contributed by atoms with E-state index in [1.807, 2.05) is 20.8 Å². The third-order valence-electron chi connectivity index (χ3n) is 3.23. The Kier molecular flexibility index (Phi) is 3.66. The van der Waals surface area contributed by atoms with Crippen molar-refractivity contribution in [3.63, 3.8) is 0 Å². The average Bonchev–Trinajstić information content (AvgIpc) is 2.58. The Morgan fingerprint density at radius 2 is 2.21 bits per heavy atom. The predicted molar refractivity (Wildman–Crippen MR) is 76.2 cm³/mol. The Labute approximate surface area is 114 Å². The number of aromatic nitrogens is 2. The Bertz CT molecular complexity index is 573. The molecule has 1 aromatic heterocycles. The van der Waals surface area contributed by atoms with Gasteiger partial charge >= 0.3 is 0 Å². The van der Waals surface area contributed by atoms with Gasteiger partial charge < -0.3 is 10.6 Å². The van der Waals surface area contributed by atoms with Crippen LogP contribution in [0.5, 0.6) is 0 Å². The van der Waals surface area contributed by atoms with Crippen molar-refractivity contribution in [3.8, 4) is 0 Å². The molecule has 2 heterocycles. The van der Waals surface area contributed by atoms with Crippen LogP contribution in [0.2, 0.25) is 0 Å². The molecular formula is C12H20N4O2S. The van der Waals surface area contributed by atoms with Crippen LogP contribution in [0.1, 0.15) is 25.8 Å². The Hall–Kier alpha value is -1.37. The van der Waals surface area contributed by atoms with Crippen LogP contribution in [0.25, 0.3) is 0 Å². The lowest BCUT2D eigenvalue weighted by atomic mass is 10.0. The van der Waals surface area contributed by atoms with E-state index >= 15 is 0 Å². The van der Waals surface area contributed by atoms with E-state index in [-0.39, 0.29) is 11.5 Å². The zero-order valence-electron chi connectivity index (χ0n) is 11.5. The second-order valence-corrected chi connectivity index (χ2v) is 7.47. The van der Waals surface area contributed by atoms with E-state index in [0.717, 1.165) is 12.1 Å². The summed E-state index contributed by atoms with van der Waals surface area (Å²) in [6, 6.07) is 0. The molecule has 1 saturated heterocycles. The van der Waals surface area contributed by atoms with Crippen molar-refractivity contribution >= 4 is 21.6 Å². The lowest BCUT2D eigenvalue weighted by Crippen LogP contribution is -2.36. The van der Waals surface area contributed by atoms with Crippen molar-refractivity contribution in [2.45, 2.75) is 32.7 Å². The number of hydrogen-bond donors (Lipinski definition) is 2. The first kappa shape index (κ1) is 14.0. The molecule has 1 aromatic rings. The molecule has 1 atom stereocenters. The van der Waals surface area contributed by atoms with Crippen molar-refractivity contribution < 1.29 is 8.42 Å². The summed E-state index contributed by atoms with van der Waals surface area (Å²) < 4.78 is 23.2. The molecule has 1 aliphatic rings. The van der Waals surface area contributed by atoms with Crippen molar-refractivity contribution in [1.82, 2.24) is 9.97 Å². The van der Waals surface area contributed by atoms with E-state index in [4.69, 9.17) is 0 Å². The van der Waals surface area contributed by atoms with Gasteiger partial charge in [-0.3, -0.25) is 0 Å². The maximum Gasteiger partial charge on any atom is 0.224 e. The molecule has 0 saturated carbocycles. The topological polar surface area (TPSA) is 84.0 Å². The van der Waals surface area contributed by atoms with Gasteiger partial charge in [-0.1, -0.05) is 0 Å². The second kappa shape index (κ2) is 4.96. The van der Waals surface area contributed by atoms with Crippen LogP contribution in [0.4, 0.5) is 11.8 Å². The van der Waals surface area contributed by atoms with E-state index in [0.29, 0.717) is 18.2 Å². The van der Waals surface area contributed by atoms with Crippen LogP contribution in [-0.4, -0.2) is 42.0 Å². The van der Waals surface area contributed by atoms with Gasteiger partial charge in [-0.25, -0.2) is 13.4 Å². The predicted octanol–water partition coefficient (Wildman–Crippen LogP) is 1.21. The Morgan fingerprint density at radius 1 is 1.47 bits per heavy atom. The third kappa shape index (κ3) is 3.34. The first-order valence-corrected chi connectivity index (χ1v) is 8.22. The molecule has 0 amide bonds. The molecule has 2 rings (SSSR count). The molecule has 2 N–H and O–H groups in total. The zero-order chi connectivity index (χ0) is 14.1.